The summed E-state index contributed by atoms with van der Waals surface area (Å²) >= 11 is 0. The van der Waals surface area contributed by atoms with Gasteiger partial charge < -0.3 is 17.2 Å². The third-order valence-electron chi connectivity index (χ3n) is 7.34. The highest BCUT2D eigenvalue weighted by atomic mass is 15.0. The predicted octanol–water partition coefficient (Wildman–Crippen LogP) is 2.19. The van der Waals surface area contributed by atoms with Crippen LogP contribution in [0.3, 0.4) is 0 Å². The van der Waals surface area contributed by atoms with Crippen molar-refractivity contribution in [1.82, 2.24) is 0 Å². The van der Waals surface area contributed by atoms with E-state index in [2.05, 4.69) is 6.08 Å². The topological polar surface area (TPSA) is 78.1 Å². The van der Waals surface area contributed by atoms with Gasteiger partial charge in [0.05, 0.1) is 0 Å². The molecular weight excluding hydrogens is 246 g/mol. The first kappa shape index (κ1) is 13.3. The molecule has 6 N–H and O–H groups in total. The summed E-state index contributed by atoms with van der Waals surface area (Å²) in [4.78, 5) is 0. The van der Waals surface area contributed by atoms with Crippen molar-refractivity contribution in [2.75, 3.05) is 0 Å². The minimum Gasteiger partial charge on any atom is -0.324 e. The Balaban J connectivity index is 1.77. The molecule has 5 unspecified atom stereocenters. The van der Waals surface area contributed by atoms with Crippen LogP contribution in [0.2, 0.25) is 0 Å². The molecule has 3 nitrogen and oxygen atoms in total. The summed E-state index contributed by atoms with van der Waals surface area (Å²) < 4.78 is 0. The normalized spacial score (nSPS) is 54.6. The van der Waals surface area contributed by atoms with Crippen LogP contribution in [0.1, 0.15) is 64.2 Å². The molecule has 0 spiro atoms. The molecule has 3 fully saturated rings. The van der Waals surface area contributed by atoms with Crippen molar-refractivity contribution < 1.29 is 0 Å². The van der Waals surface area contributed by atoms with Gasteiger partial charge in [0.25, 0.3) is 0 Å². The Kier molecular flexibility index (Phi) is 2.72. The lowest BCUT2D eigenvalue weighted by Gasteiger charge is -2.62. The highest BCUT2D eigenvalue weighted by molar-refractivity contribution is 5.31. The number of fused-ring (bicyclic) bond motifs is 5. The molecule has 0 bridgehead atoms. The van der Waals surface area contributed by atoms with Crippen molar-refractivity contribution >= 4 is 0 Å². The van der Waals surface area contributed by atoms with Gasteiger partial charge in [-0.1, -0.05) is 18.1 Å². The van der Waals surface area contributed by atoms with Gasteiger partial charge in [-0.3, -0.25) is 0 Å². The average Bonchev–Trinajstić information content (AvgIpc) is 2.75. The molecule has 0 aliphatic heterocycles. The Morgan fingerprint density at radius 2 is 1.80 bits per heavy atom. The van der Waals surface area contributed by atoms with Gasteiger partial charge in [-0.05, 0) is 63.7 Å². The van der Waals surface area contributed by atoms with E-state index in [1.807, 2.05) is 0 Å². The minimum absolute atomic E-state index is 0.0769. The Labute approximate surface area is 122 Å². The second-order valence-corrected chi connectivity index (χ2v) is 8.03. The highest BCUT2D eigenvalue weighted by Crippen LogP contribution is 2.58. The summed E-state index contributed by atoms with van der Waals surface area (Å²) in [6.45, 7) is 0. The largest absolute Gasteiger partial charge is 0.324 e. The van der Waals surface area contributed by atoms with Crippen LogP contribution in [-0.2, 0) is 0 Å². The maximum Gasteiger partial charge on any atom is 0.0386 e. The fourth-order valence-electron chi connectivity index (χ4n) is 6.16. The lowest BCUT2D eigenvalue weighted by Crippen LogP contribution is -2.77. The number of nitrogens with two attached hydrogens (primary N) is 3. The van der Waals surface area contributed by atoms with E-state index in [1.165, 1.54) is 32.1 Å². The first-order valence-corrected chi connectivity index (χ1v) is 8.55. The second kappa shape index (κ2) is 4.08. The molecule has 20 heavy (non-hydrogen) atoms. The first-order chi connectivity index (χ1) is 9.50. The van der Waals surface area contributed by atoms with E-state index in [-0.39, 0.29) is 16.6 Å². The van der Waals surface area contributed by atoms with Crippen molar-refractivity contribution in [3.05, 3.63) is 11.6 Å². The molecule has 112 valence electrons. The smallest absolute Gasteiger partial charge is 0.0386 e. The summed E-state index contributed by atoms with van der Waals surface area (Å²) in [5, 5.41) is 0. The van der Waals surface area contributed by atoms with Gasteiger partial charge in [-0.15, -0.1) is 0 Å². The van der Waals surface area contributed by atoms with E-state index in [0.29, 0.717) is 11.8 Å². The molecule has 3 saturated carbocycles. The van der Waals surface area contributed by atoms with Crippen LogP contribution in [0, 0.1) is 11.8 Å². The average molecular weight is 275 g/mol. The predicted molar refractivity (Wildman–Crippen MR) is 82.0 cm³/mol. The zero-order valence-electron chi connectivity index (χ0n) is 12.5. The van der Waals surface area contributed by atoms with E-state index < -0.39 is 0 Å². The fraction of sp³-hybridized carbons (Fsp3) is 0.882. The zero-order valence-corrected chi connectivity index (χ0v) is 12.5. The molecule has 0 saturated heterocycles. The number of rotatable bonds is 0. The van der Waals surface area contributed by atoms with E-state index >= 15 is 0 Å². The second-order valence-electron chi connectivity index (χ2n) is 8.03. The van der Waals surface area contributed by atoms with E-state index in [9.17, 15) is 0 Å². The number of hydrogen-bond acceptors (Lipinski definition) is 3. The fourth-order valence-corrected chi connectivity index (χ4v) is 6.16. The van der Waals surface area contributed by atoms with Gasteiger partial charge in [-0.2, -0.15) is 0 Å². The highest BCUT2D eigenvalue weighted by Gasteiger charge is 2.64. The first-order valence-electron chi connectivity index (χ1n) is 8.55. The van der Waals surface area contributed by atoms with Gasteiger partial charge >= 0.3 is 0 Å². The summed E-state index contributed by atoms with van der Waals surface area (Å²) in [6.07, 6.45) is 14.2. The molecule has 0 aromatic carbocycles. The van der Waals surface area contributed by atoms with Gasteiger partial charge in [0.1, 0.15) is 0 Å². The van der Waals surface area contributed by atoms with Crippen LogP contribution in [-0.4, -0.2) is 16.6 Å². The summed E-state index contributed by atoms with van der Waals surface area (Å²) in [5.41, 5.74) is 21.9. The van der Waals surface area contributed by atoms with Crippen LogP contribution in [0.25, 0.3) is 0 Å². The van der Waals surface area contributed by atoms with Crippen molar-refractivity contribution in [2.24, 2.45) is 29.0 Å². The summed E-state index contributed by atoms with van der Waals surface area (Å²) in [5.74, 6) is 0.976. The van der Waals surface area contributed by atoms with Crippen LogP contribution in [0.4, 0.5) is 0 Å². The zero-order chi connectivity index (χ0) is 14.0. The van der Waals surface area contributed by atoms with Gasteiger partial charge in [0, 0.05) is 22.5 Å². The molecule has 4 aliphatic rings. The van der Waals surface area contributed by atoms with E-state index in [0.717, 1.165) is 32.1 Å². The molecular formula is C17H29N3. The van der Waals surface area contributed by atoms with Crippen molar-refractivity contribution in [2.45, 2.75) is 80.8 Å². The maximum atomic E-state index is 7.04. The Bertz CT molecular complexity index is 459. The molecule has 5 atom stereocenters. The monoisotopic (exact) mass is 275 g/mol. The molecule has 3 heteroatoms. The third-order valence-corrected chi connectivity index (χ3v) is 7.34. The van der Waals surface area contributed by atoms with E-state index in [4.69, 9.17) is 17.2 Å². The molecule has 4 aliphatic carbocycles. The number of allylic oxidation sites excluding steroid dienone is 1. The molecule has 0 radical (unpaired) electrons. The van der Waals surface area contributed by atoms with Crippen LogP contribution in [0.5, 0.6) is 0 Å². The van der Waals surface area contributed by atoms with Crippen LogP contribution >= 0.6 is 0 Å². The molecule has 0 heterocycles. The van der Waals surface area contributed by atoms with Crippen molar-refractivity contribution in [3.8, 4) is 0 Å². The molecule has 0 amide bonds. The molecule has 0 aromatic rings. The lowest BCUT2D eigenvalue weighted by molar-refractivity contribution is -0.000248. The Hall–Kier alpha value is -0.380. The minimum atomic E-state index is -0.223. The molecule has 4 rings (SSSR count). The van der Waals surface area contributed by atoms with Gasteiger partial charge in [0.2, 0.25) is 0 Å². The standard InChI is InChI=1S/C17H29N3/c18-15-8-3-9-17(15,20)14-7-6-12-4-1-2-5-13(12)16(14,19)11-10-15/h6,13-14H,1-5,7-11,18-20H2. The van der Waals surface area contributed by atoms with E-state index in [1.54, 1.807) is 5.57 Å². The van der Waals surface area contributed by atoms with Crippen molar-refractivity contribution in [1.29, 1.82) is 0 Å². The lowest BCUT2D eigenvalue weighted by atomic mass is 9.49. The third kappa shape index (κ3) is 1.47. The van der Waals surface area contributed by atoms with Crippen LogP contribution in [0.15, 0.2) is 11.6 Å². The molecule has 0 aromatic heterocycles. The summed E-state index contributed by atoms with van der Waals surface area (Å²) in [7, 11) is 0. The van der Waals surface area contributed by atoms with Crippen LogP contribution < -0.4 is 17.2 Å². The Morgan fingerprint density at radius 1 is 0.950 bits per heavy atom. The number of hydrogen-bond donors (Lipinski definition) is 3. The quantitative estimate of drug-likeness (QED) is 0.593. The Morgan fingerprint density at radius 3 is 2.65 bits per heavy atom. The van der Waals surface area contributed by atoms with Gasteiger partial charge in [0.15, 0.2) is 0 Å². The maximum absolute atomic E-state index is 7.04. The van der Waals surface area contributed by atoms with Gasteiger partial charge in [-0.25, -0.2) is 0 Å². The SMILES string of the molecule is NC12CCC3(N)CCCC3(N)C1CC=C1CCCCC12. The van der Waals surface area contributed by atoms with Crippen molar-refractivity contribution in [3.63, 3.8) is 0 Å². The summed E-state index contributed by atoms with van der Waals surface area (Å²) in [6, 6.07) is 0.